The number of hydrogen-bond donors (Lipinski definition) is 1. The number of rotatable bonds is 2. The maximum absolute atomic E-state index is 6.50. The van der Waals surface area contributed by atoms with Gasteiger partial charge in [-0.25, -0.2) is 0 Å². The first-order chi connectivity index (χ1) is 13.6. The first-order valence-corrected chi connectivity index (χ1v) is 10.8. The first-order valence-electron chi connectivity index (χ1n) is 10.1. The van der Waals surface area contributed by atoms with Crippen molar-refractivity contribution in [3.05, 3.63) is 80.6 Å². The smallest absolute Gasteiger partial charge is 0.126 e. The Morgan fingerprint density at radius 2 is 1.82 bits per heavy atom. The molecular weight excluding hydrogens is 389 g/mol. The molecule has 1 unspecified atom stereocenters. The van der Waals surface area contributed by atoms with E-state index in [0.29, 0.717) is 6.04 Å². The highest BCUT2D eigenvalue weighted by molar-refractivity contribution is 6.31. The molecule has 3 nitrogen and oxygen atoms in total. The number of hydrogen-bond acceptors (Lipinski definition) is 3. The predicted molar refractivity (Wildman–Crippen MR) is 116 cm³/mol. The maximum Gasteiger partial charge on any atom is 0.126 e. The van der Waals surface area contributed by atoms with E-state index >= 15 is 0 Å². The van der Waals surface area contributed by atoms with Crippen LogP contribution in [0.1, 0.15) is 35.7 Å². The van der Waals surface area contributed by atoms with Gasteiger partial charge in [0.2, 0.25) is 0 Å². The third kappa shape index (κ3) is 3.10. The lowest BCUT2D eigenvalue weighted by atomic mass is 9.87. The van der Waals surface area contributed by atoms with Gasteiger partial charge < -0.3 is 10.2 Å². The molecule has 3 aliphatic rings. The van der Waals surface area contributed by atoms with Gasteiger partial charge in [0.1, 0.15) is 6.17 Å². The van der Waals surface area contributed by atoms with E-state index in [1.165, 1.54) is 28.9 Å². The zero-order chi connectivity index (χ0) is 19.3. The van der Waals surface area contributed by atoms with Crippen molar-refractivity contribution in [1.82, 2.24) is 15.1 Å². The van der Waals surface area contributed by atoms with E-state index in [1.807, 2.05) is 18.2 Å². The van der Waals surface area contributed by atoms with E-state index in [-0.39, 0.29) is 6.17 Å². The summed E-state index contributed by atoms with van der Waals surface area (Å²) < 4.78 is 0. The maximum atomic E-state index is 6.50. The van der Waals surface area contributed by atoms with Crippen LogP contribution in [0.2, 0.25) is 10.0 Å². The van der Waals surface area contributed by atoms with Crippen molar-refractivity contribution in [2.24, 2.45) is 0 Å². The molecule has 5 rings (SSSR count). The van der Waals surface area contributed by atoms with Gasteiger partial charge in [-0.15, -0.1) is 0 Å². The Morgan fingerprint density at radius 1 is 1.00 bits per heavy atom. The summed E-state index contributed by atoms with van der Waals surface area (Å²) in [6.45, 7) is 2.09. The lowest BCUT2D eigenvalue weighted by molar-refractivity contribution is 0.172. The second kappa shape index (κ2) is 7.29. The summed E-state index contributed by atoms with van der Waals surface area (Å²) in [5.41, 5.74) is 6.70. The Bertz CT molecular complexity index is 939. The van der Waals surface area contributed by atoms with Crippen LogP contribution in [0.5, 0.6) is 0 Å². The molecule has 2 heterocycles. The molecule has 28 heavy (non-hydrogen) atoms. The van der Waals surface area contributed by atoms with Gasteiger partial charge in [-0.05, 0) is 42.5 Å². The normalized spacial score (nSPS) is 24.8. The number of nitrogens with one attached hydrogen (secondary N) is 1. The molecule has 0 saturated heterocycles. The standard InChI is InChI=1S/C23H25Cl2N3/c1-27-22-14-28(16-10-9-15-5-4-8-20(25)18(15)13-16)12-11-21(22)26-23(27)17-6-2-3-7-19(17)24/h2-8,16,23,26H,9-14H2,1H3/t16-,23?/m0/s1. The zero-order valence-corrected chi connectivity index (χ0v) is 17.6. The lowest BCUT2D eigenvalue weighted by Gasteiger charge is -2.39. The molecule has 1 aliphatic carbocycles. The van der Waals surface area contributed by atoms with Crippen molar-refractivity contribution in [1.29, 1.82) is 0 Å². The molecule has 0 bridgehead atoms. The third-order valence-corrected chi connectivity index (χ3v) is 7.29. The largest absolute Gasteiger partial charge is 0.363 e. The predicted octanol–water partition coefficient (Wildman–Crippen LogP) is 5.00. The fraction of sp³-hybridized carbons (Fsp3) is 0.391. The van der Waals surface area contributed by atoms with Crippen molar-refractivity contribution in [3.8, 4) is 0 Å². The minimum Gasteiger partial charge on any atom is -0.363 e. The molecule has 0 fully saturated rings. The molecule has 0 spiro atoms. The van der Waals surface area contributed by atoms with Crippen LogP contribution in [0, 0.1) is 0 Å². The van der Waals surface area contributed by atoms with E-state index < -0.39 is 0 Å². The van der Waals surface area contributed by atoms with Crippen LogP contribution in [0.25, 0.3) is 0 Å². The minimum absolute atomic E-state index is 0.125. The quantitative estimate of drug-likeness (QED) is 0.746. The van der Waals surface area contributed by atoms with E-state index in [1.54, 1.807) is 0 Å². The first kappa shape index (κ1) is 18.4. The van der Waals surface area contributed by atoms with Crippen LogP contribution >= 0.6 is 23.2 Å². The SMILES string of the molecule is CN1C2=C(CCN([C@H]3CCc4cccc(Cl)c4C3)C2)NC1c1ccccc1Cl. The summed E-state index contributed by atoms with van der Waals surface area (Å²) in [6, 6.07) is 15.0. The Hall–Kier alpha value is -1.68. The van der Waals surface area contributed by atoms with Gasteiger partial charge >= 0.3 is 0 Å². The summed E-state index contributed by atoms with van der Waals surface area (Å²) in [4.78, 5) is 5.02. The van der Waals surface area contributed by atoms with Crippen molar-refractivity contribution in [2.45, 2.75) is 37.9 Å². The van der Waals surface area contributed by atoms with Crippen molar-refractivity contribution in [3.63, 3.8) is 0 Å². The molecular formula is C23H25Cl2N3. The van der Waals surface area contributed by atoms with Gasteiger partial charge in [-0.1, -0.05) is 53.5 Å². The summed E-state index contributed by atoms with van der Waals surface area (Å²) in [5.74, 6) is 0. The highest BCUT2D eigenvalue weighted by Gasteiger charge is 2.36. The Morgan fingerprint density at radius 3 is 2.68 bits per heavy atom. The number of benzene rings is 2. The fourth-order valence-electron chi connectivity index (χ4n) is 5.00. The fourth-order valence-corrected chi connectivity index (χ4v) is 5.51. The van der Waals surface area contributed by atoms with Crippen LogP contribution in [0.15, 0.2) is 53.9 Å². The Kier molecular flexibility index (Phi) is 4.78. The monoisotopic (exact) mass is 413 g/mol. The zero-order valence-electron chi connectivity index (χ0n) is 16.1. The van der Waals surface area contributed by atoms with E-state index in [9.17, 15) is 0 Å². The van der Waals surface area contributed by atoms with Gasteiger partial charge in [0, 0.05) is 59.6 Å². The molecule has 146 valence electrons. The Labute approximate surface area is 176 Å². The van der Waals surface area contributed by atoms with Gasteiger partial charge in [-0.3, -0.25) is 4.90 Å². The van der Waals surface area contributed by atoms with Crippen LogP contribution in [0.3, 0.4) is 0 Å². The summed E-state index contributed by atoms with van der Waals surface area (Å²) in [7, 11) is 2.18. The second-order valence-corrected chi connectivity index (χ2v) is 8.91. The topological polar surface area (TPSA) is 18.5 Å². The molecule has 0 radical (unpaired) electrons. The molecule has 1 N–H and O–H groups in total. The van der Waals surface area contributed by atoms with Crippen LogP contribution < -0.4 is 5.32 Å². The van der Waals surface area contributed by atoms with Crippen LogP contribution in [-0.2, 0) is 12.8 Å². The van der Waals surface area contributed by atoms with E-state index in [4.69, 9.17) is 23.2 Å². The number of halogens is 2. The molecule has 2 aromatic carbocycles. The number of likely N-dealkylation sites (N-methyl/N-ethyl adjacent to an activating group) is 1. The number of aryl methyl sites for hydroxylation is 1. The van der Waals surface area contributed by atoms with Crippen molar-refractivity contribution >= 4 is 23.2 Å². The molecule has 2 aromatic rings. The third-order valence-electron chi connectivity index (χ3n) is 6.59. The van der Waals surface area contributed by atoms with Crippen molar-refractivity contribution in [2.75, 3.05) is 20.1 Å². The molecule has 0 saturated carbocycles. The molecule has 5 heteroatoms. The molecule has 2 atom stereocenters. The number of fused-ring (bicyclic) bond motifs is 1. The van der Waals surface area contributed by atoms with Gasteiger partial charge in [0.05, 0.1) is 0 Å². The van der Waals surface area contributed by atoms with Crippen LogP contribution in [-0.4, -0.2) is 36.0 Å². The van der Waals surface area contributed by atoms with Gasteiger partial charge in [0.25, 0.3) is 0 Å². The average molecular weight is 414 g/mol. The van der Waals surface area contributed by atoms with Crippen LogP contribution in [0.4, 0.5) is 0 Å². The summed E-state index contributed by atoms with van der Waals surface area (Å²) in [6.07, 6.45) is 4.58. The average Bonchev–Trinajstić information content (AvgIpc) is 3.04. The minimum atomic E-state index is 0.125. The number of nitrogens with zero attached hydrogens (tertiary/aromatic N) is 2. The summed E-state index contributed by atoms with van der Waals surface area (Å²) in [5, 5.41) is 5.47. The van der Waals surface area contributed by atoms with Gasteiger partial charge in [0.15, 0.2) is 0 Å². The van der Waals surface area contributed by atoms with Gasteiger partial charge in [-0.2, -0.15) is 0 Å². The highest BCUT2D eigenvalue weighted by atomic mass is 35.5. The molecule has 2 aliphatic heterocycles. The summed E-state index contributed by atoms with van der Waals surface area (Å²) >= 11 is 13.0. The van der Waals surface area contributed by atoms with E-state index in [0.717, 1.165) is 48.0 Å². The lowest BCUT2D eigenvalue weighted by Crippen LogP contribution is -2.44. The second-order valence-electron chi connectivity index (χ2n) is 8.10. The van der Waals surface area contributed by atoms with E-state index in [2.05, 4.69) is 46.4 Å². The molecule has 0 aromatic heterocycles. The van der Waals surface area contributed by atoms with Crippen molar-refractivity contribution < 1.29 is 0 Å². The highest BCUT2D eigenvalue weighted by Crippen LogP contribution is 2.38. The molecule has 0 amide bonds. The Balaban J connectivity index is 1.33.